The number of allylic oxidation sites excluding steroid dienone is 2. The Kier molecular flexibility index (Phi) is 9.24. The predicted octanol–water partition coefficient (Wildman–Crippen LogP) is 3.85. The van der Waals surface area contributed by atoms with Crippen LogP contribution in [0.25, 0.3) is 22.1 Å². The van der Waals surface area contributed by atoms with Crippen molar-refractivity contribution in [3.05, 3.63) is 101 Å². The SMILES string of the molecule is CCn1cccc1C(=O)Nc1nc2cc(C(N)=O)ccc2n1C/C=C/Cn1c(NC(O)c2cc(C)nn2CC)nc2cc(C(N)=O)cc(C)c21. The van der Waals surface area contributed by atoms with Gasteiger partial charge in [0, 0.05) is 43.5 Å². The number of carbonyl (C=O) groups is 3. The van der Waals surface area contributed by atoms with Gasteiger partial charge in [0.25, 0.3) is 5.91 Å². The van der Waals surface area contributed by atoms with Crippen LogP contribution >= 0.6 is 0 Å². The Labute approximate surface area is 287 Å². The molecule has 7 N–H and O–H groups in total. The molecule has 0 aliphatic carbocycles. The number of aliphatic hydroxyl groups is 1. The lowest BCUT2D eigenvalue weighted by molar-refractivity contribution is 0.0992. The molecule has 0 aliphatic heterocycles. The molecule has 4 aromatic heterocycles. The highest BCUT2D eigenvalue weighted by molar-refractivity contribution is 6.03. The van der Waals surface area contributed by atoms with E-state index in [0.717, 1.165) is 16.8 Å². The van der Waals surface area contributed by atoms with Crippen molar-refractivity contribution in [3.8, 4) is 0 Å². The van der Waals surface area contributed by atoms with Crippen LogP contribution in [0.5, 0.6) is 0 Å². The van der Waals surface area contributed by atoms with Gasteiger partial charge in [-0.15, -0.1) is 0 Å². The molecule has 0 radical (unpaired) electrons. The van der Waals surface area contributed by atoms with Crippen LogP contribution in [-0.2, 0) is 26.2 Å². The molecule has 3 amide bonds. The number of benzene rings is 2. The van der Waals surface area contributed by atoms with E-state index in [1.165, 1.54) is 0 Å². The molecular formula is C35H39N11O4. The summed E-state index contributed by atoms with van der Waals surface area (Å²) in [5.74, 6) is -0.791. The second-order valence-electron chi connectivity index (χ2n) is 11.9. The zero-order chi connectivity index (χ0) is 35.7. The number of nitrogens with two attached hydrogens (primary N) is 2. The van der Waals surface area contributed by atoms with Gasteiger partial charge < -0.3 is 35.6 Å². The van der Waals surface area contributed by atoms with Gasteiger partial charge in [-0.3, -0.25) is 24.4 Å². The average molecular weight is 678 g/mol. The van der Waals surface area contributed by atoms with Gasteiger partial charge in [-0.05, 0) is 81.8 Å². The minimum Gasteiger partial charge on any atom is -0.368 e. The molecule has 0 aliphatic rings. The number of rotatable bonds is 13. The van der Waals surface area contributed by atoms with Crippen LogP contribution in [-0.4, -0.2) is 56.3 Å². The fourth-order valence-corrected chi connectivity index (χ4v) is 6.13. The number of hydrogen-bond donors (Lipinski definition) is 5. The number of hydrogen-bond acceptors (Lipinski definition) is 8. The van der Waals surface area contributed by atoms with Gasteiger partial charge in [0.05, 0.1) is 33.5 Å². The lowest BCUT2D eigenvalue weighted by Crippen LogP contribution is -2.19. The van der Waals surface area contributed by atoms with E-state index in [-0.39, 0.29) is 5.91 Å². The van der Waals surface area contributed by atoms with Crippen LogP contribution in [0.1, 0.15) is 68.2 Å². The van der Waals surface area contributed by atoms with Crippen LogP contribution in [0.15, 0.2) is 66.9 Å². The first kappa shape index (κ1) is 33.7. The molecule has 258 valence electrons. The molecule has 0 saturated heterocycles. The summed E-state index contributed by atoms with van der Waals surface area (Å²) in [6.45, 7) is 9.46. The molecule has 1 unspecified atom stereocenters. The van der Waals surface area contributed by atoms with E-state index >= 15 is 0 Å². The van der Waals surface area contributed by atoms with Gasteiger partial charge in [0.15, 0.2) is 6.23 Å². The number of nitrogens with one attached hydrogen (secondary N) is 2. The fourth-order valence-electron chi connectivity index (χ4n) is 6.13. The van der Waals surface area contributed by atoms with Gasteiger partial charge in [0.1, 0.15) is 5.69 Å². The van der Waals surface area contributed by atoms with Gasteiger partial charge in [0.2, 0.25) is 23.7 Å². The summed E-state index contributed by atoms with van der Waals surface area (Å²) in [5.41, 5.74) is 16.9. The molecule has 0 fully saturated rings. The fraction of sp³-hybridized carbons (Fsp3) is 0.257. The maximum absolute atomic E-state index is 13.3. The number of primary amides is 2. The van der Waals surface area contributed by atoms with E-state index in [1.54, 1.807) is 47.1 Å². The first-order chi connectivity index (χ1) is 24.0. The third-order valence-electron chi connectivity index (χ3n) is 8.50. The zero-order valence-corrected chi connectivity index (χ0v) is 28.2. The molecule has 2 aromatic carbocycles. The molecule has 50 heavy (non-hydrogen) atoms. The van der Waals surface area contributed by atoms with Crippen molar-refractivity contribution in [1.29, 1.82) is 0 Å². The Bertz CT molecular complexity index is 2290. The second-order valence-corrected chi connectivity index (χ2v) is 11.9. The summed E-state index contributed by atoms with van der Waals surface area (Å²) < 4.78 is 7.29. The Morgan fingerprint density at radius 3 is 2.28 bits per heavy atom. The van der Waals surface area contributed by atoms with Crippen molar-refractivity contribution in [2.24, 2.45) is 11.5 Å². The summed E-state index contributed by atoms with van der Waals surface area (Å²) in [6, 6.07) is 13.7. The molecular weight excluding hydrogens is 638 g/mol. The molecule has 15 heteroatoms. The number of aliphatic hydroxyl groups excluding tert-OH is 1. The normalized spacial score (nSPS) is 12.3. The smallest absolute Gasteiger partial charge is 0.274 e. The second kappa shape index (κ2) is 13.7. The number of anilines is 2. The van der Waals surface area contributed by atoms with Crippen molar-refractivity contribution in [3.63, 3.8) is 0 Å². The standard InChI is InChI=1S/C35H39N11O4/c1-5-43-13-9-10-27(43)32(49)40-34-38-24-18-22(30(36)47)11-12-26(24)44(34)14-7-8-15-45-29-20(3)16-23(31(37)48)19-25(29)39-35(45)41-33(50)28-17-21(4)42-46(28)6-2/h7-13,16-19,33,50H,5-6,14-15H2,1-4H3,(H2,36,47)(H2,37,48)(H,39,41)(H,38,40,49)/b8-7+. The highest BCUT2D eigenvalue weighted by atomic mass is 16.3. The van der Waals surface area contributed by atoms with Crippen molar-refractivity contribution in [1.82, 2.24) is 33.4 Å². The number of nitrogens with zero attached hydrogens (tertiary/aromatic N) is 7. The summed E-state index contributed by atoms with van der Waals surface area (Å²) in [5, 5.41) is 21.7. The summed E-state index contributed by atoms with van der Waals surface area (Å²) in [4.78, 5) is 46.6. The van der Waals surface area contributed by atoms with E-state index in [0.29, 0.717) is 77.1 Å². The number of amides is 3. The number of carbonyl (C=O) groups excluding carboxylic acids is 3. The van der Waals surface area contributed by atoms with Crippen molar-refractivity contribution < 1.29 is 19.5 Å². The van der Waals surface area contributed by atoms with Crippen molar-refractivity contribution in [2.45, 2.75) is 60.1 Å². The quantitative estimate of drug-likeness (QED) is 0.0894. The number of imidazole rings is 2. The summed E-state index contributed by atoms with van der Waals surface area (Å²) in [6.07, 6.45) is 4.56. The van der Waals surface area contributed by atoms with Crippen molar-refractivity contribution in [2.75, 3.05) is 10.6 Å². The van der Waals surface area contributed by atoms with E-state index in [1.807, 2.05) is 65.8 Å². The Morgan fingerprint density at radius 1 is 0.880 bits per heavy atom. The van der Waals surface area contributed by atoms with E-state index < -0.39 is 18.0 Å². The van der Waals surface area contributed by atoms with Gasteiger partial charge in [-0.2, -0.15) is 5.10 Å². The van der Waals surface area contributed by atoms with Crippen LogP contribution in [0.4, 0.5) is 11.9 Å². The predicted molar refractivity (Wildman–Crippen MR) is 190 cm³/mol. The van der Waals surface area contributed by atoms with E-state index in [4.69, 9.17) is 16.5 Å². The summed E-state index contributed by atoms with van der Waals surface area (Å²) >= 11 is 0. The third kappa shape index (κ3) is 6.45. The van der Waals surface area contributed by atoms with E-state index in [9.17, 15) is 19.5 Å². The Balaban J connectivity index is 1.33. The topological polar surface area (TPSA) is 206 Å². The average Bonchev–Trinajstić information content (AvgIpc) is 3.86. The minimum absolute atomic E-state index is 0.302. The van der Waals surface area contributed by atoms with Crippen LogP contribution < -0.4 is 22.1 Å². The van der Waals surface area contributed by atoms with Crippen LogP contribution in [0.2, 0.25) is 0 Å². The third-order valence-corrected chi connectivity index (χ3v) is 8.50. The first-order valence-electron chi connectivity index (χ1n) is 16.2. The molecule has 4 heterocycles. The lowest BCUT2D eigenvalue weighted by atomic mass is 10.1. The van der Waals surface area contributed by atoms with Crippen LogP contribution in [0, 0.1) is 13.8 Å². The molecule has 6 rings (SSSR count). The van der Waals surface area contributed by atoms with Gasteiger partial charge >= 0.3 is 0 Å². The molecule has 15 nitrogen and oxygen atoms in total. The zero-order valence-electron chi connectivity index (χ0n) is 28.2. The summed E-state index contributed by atoms with van der Waals surface area (Å²) in [7, 11) is 0. The lowest BCUT2D eigenvalue weighted by Gasteiger charge is -2.16. The molecule has 0 bridgehead atoms. The highest BCUT2D eigenvalue weighted by Crippen LogP contribution is 2.28. The minimum atomic E-state index is -1.12. The van der Waals surface area contributed by atoms with E-state index in [2.05, 4.69) is 20.7 Å². The Hall–Kier alpha value is -6.22. The molecule has 1 atom stereocenters. The van der Waals surface area contributed by atoms with Gasteiger partial charge in [-0.1, -0.05) is 12.2 Å². The maximum atomic E-state index is 13.3. The largest absolute Gasteiger partial charge is 0.368 e. The highest BCUT2D eigenvalue weighted by Gasteiger charge is 2.21. The number of aryl methyl sites for hydroxylation is 4. The number of aromatic nitrogens is 7. The maximum Gasteiger partial charge on any atom is 0.274 e. The first-order valence-corrected chi connectivity index (χ1v) is 16.2. The molecule has 6 aromatic rings. The van der Waals surface area contributed by atoms with Crippen LogP contribution in [0.3, 0.4) is 0 Å². The number of fused-ring (bicyclic) bond motifs is 2. The molecule has 0 saturated carbocycles. The monoisotopic (exact) mass is 677 g/mol. The van der Waals surface area contributed by atoms with Gasteiger partial charge in [-0.25, -0.2) is 9.97 Å². The van der Waals surface area contributed by atoms with Crippen molar-refractivity contribution >= 4 is 51.7 Å². The molecule has 0 spiro atoms. The Morgan fingerprint density at radius 2 is 1.58 bits per heavy atom.